The third-order valence-electron chi connectivity index (χ3n) is 5.56. The van der Waals surface area contributed by atoms with Crippen LogP contribution in [0.4, 0.5) is 4.39 Å². The van der Waals surface area contributed by atoms with Gasteiger partial charge in [0.15, 0.2) is 11.0 Å². The molecule has 2 aromatic heterocycles. The monoisotopic (exact) mass is 475 g/mol. The Bertz CT molecular complexity index is 1270. The van der Waals surface area contributed by atoms with Gasteiger partial charge in [-0.25, -0.2) is 4.39 Å². The van der Waals surface area contributed by atoms with Gasteiger partial charge in [-0.3, -0.25) is 14.3 Å². The normalized spacial score (nSPS) is 13.7. The second-order valence-corrected chi connectivity index (χ2v) is 8.65. The Labute approximate surface area is 200 Å². The van der Waals surface area contributed by atoms with Gasteiger partial charge in [-0.05, 0) is 48.0 Å². The van der Waals surface area contributed by atoms with Gasteiger partial charge in [-0.1, -0.05) is 30.0 Å². The number of carbonyl (C=O) groups excluding carboxylic acids is 1. The van der Waals surface area contributed by atoms with E-state index in [0.717, 1.165) is 16.8 Å². The number of benzene rings is 2. The van der Waals surface area contributed by atoms with Crippen molar-refractivity contribution in [2.24, 2.45) is 0 Å². The number of ether oxygens (including phenoxy) is 1. The number of morpholine rings is 1. The zero-order valence-electron chi connectivity index (χ0n) is 18.3. The minimum absolute atomic E-state index is 0.0111. The first-order valence-electron chi connectivity index (χ1n) is 10.9. The van der Waals surface area contributed by atoms with E-state index in [0.29, 0.717) is 48.6 Å². The first kappa shape index (κ1) is 22.2. The molecular formula is C25H22FN5O2S. The topological polar surface area (TPSA) is 73.1 Å². The molecule has 172 valence electrons. The number of hydrogen-bond donors (Lipinski definition) is 0. The molecule has 1 fully saturated rings. The van der Waals surface area contributed by atoms with Crippen molar-refractivity contribution in [1.82, 2.24) is 24.6 Å². The Kier molecular flexibility index (Phi) is 6.64. The molecule has 5 rings (SSSR count). The molecule has 0 radical (unpaired) electrons. The molecule has 0 saturated carbocycles. The van der Waals surface area contributed by atoms with Gasteiger partial charge in [0.2, 0.25) is 0 Å². The predicted molar refractivity (Wildman–Crippen MR) is 127 cm³/mol. The second-order valence-electron chi connectivity index (χ2n) is 7.70. The smallest absolute Gasteiger partial charge is 0.254 e. The third-order valence-corrected chi connectivity index (χ3v) is 6.54. The van der Waals surface area contributed by atoms with Gasteiger partial charge in [0.1, 0.15) is 5.82 Å². The number of aromatic nitrogens is 4. The highest BCUT2D eigenvalue weighted by molar-refractivity contribution is 7.98. The molecule has 0 spiro atoms. The maximum Gasteiger partial charge on any atom is 0.254 e. The fourth-order valence-corrected chi connectivity index (χ4v) is 4.76. The number of halogens is 1. The molecule has 2 aromatic carbocycles. The summed E-state index contributed by atoms with van der Waals surface area (Å²) < 4.78 is 20.9. The average Bonchev–Trinajstić information content (AvgIpc) is 3.32. The first-order valence-corrected chi connectivity index (χ1v) is 11.9. The van der Waals surface area contributed by atoms with Crippen LogP contribution in [0.25, 0.3) is 17.1 Å². The van der Waals surface area contributed by atoms with E-state index in [1.807, 2.05) is 45.9 Å². The van der Waals surface area contributed by atoms with Gasteiger partial charge in [0.25, 0.3) is 5.91 Å². The number of carbonyl (C=O) groups is 1. The molecule has 34 heavy (non-hydrogen) atoms. The average molecular weight is 476 g/mol. The molecular weight excluding hydrogens is 453 g/mol. The number of amides is 1. The van der Waals surface area contributed by atoms with Crippen LogP contribution in [0.15, 0.2) is 78.2 Å². The van der Waals surface area contributed by atoms with Crippen LogP contribution in [0.1, 0.15) is 15.9 Å². The Morgan fingerprint density at radius 3 is 2.47 bits per heavy atom. The zero-order chi connectivity index (χ0) is 23.3. The molecule has 1 aliphatic rings. The SMILES string of the molecule is O=C(c1ccccc1CSc1nnc(-c2ccncc2)n1-c1ccc(F)cc1)N1CCOCC1. The lowest BCUT2D eigenvalue weighted by Crippen LogP contribution is -2.41. The third kappa shape index (κ3) is 4.71. The molecule has 1 amide bonds. The van der Waals surface area contributed by atoms with Crippen LogP contribution in [0.3, 0.4) is 0 Å². The first-order chi connectivity index (χ1) is 16.7. The van der Waals surface area contributed by atoms with E-state index in [9.17, 15) is 9.18 Å². The maximum absolute atomic E-state index is 13.6. The van der Waals surface area contributed by atoms with Crippen LogP contribution in [-0.2, 0) is 10.5 Å². The predicted octanol–water partition coefficient (Wildman–Crippen LogP) is 4.23. The van der Waals surface area contributed by atoms with Crippen molar-refractivity contribution in [2.45, 2.75) is 10.9 Å². The lowest BCUT2D eigenvalue weighted by molar-refractivity contribution is 0.0302. The molecule has 9 heteroatoms. The number of pyridine rings is 1. The van der Waals surface area contributed by atoms with E-state index in [1.54, 1.807) is 24.5 Å². The van der Waals surface area contributed by atoms with E-state index in [4.69, 9.17) is 4.74 Å². The molecule has 1 saturated heterocycles. The molecule has 1 aliphatic heterocycles. The Morgan fingerprint density at radius 1 is 0.971 bits per heavy atom. The van der Waals surface area contributed by atoms with Crippen molar-refractivity contribution in [3.05, 3.63) is 90.0 Å². The summed E-state index contributed by atoms with van der Waals surface area (Å²) in [6.07, 6.45) is 3.39. The van der Waals surface area contributed by atoms with Gasteiger partial charge in [-0.15, -0.1) is 10.2 Å². The van der Waals surface area contributed by atoms with Gasteiger partial charge in [0.05, 0.1) is 13.2 Å². The summed E-state index contributed by atoms with van der Waals surface area (Å²) in [5.74, 6) is 0.861. The van der Waals surface area contributed by atoms with E-state index < -0.39 is 0 Å². The van der Waals surface area contributed by atoms with Crippen molar-refractivity contribution >= 4 is 17.7 Å². The number of rotatable bonds is 6. The van der Waals surface area contributed by atoms with Crippen molar-refractivity contribution in [1.29, 1.82) is 0 Å². The van der Waals surface area contributed by atoms with E-state index >= 15 is 0 Å². The highest BCUT2D eigenvalue weighted by Gasteiger charge is 2.22. The summed E-state index contributed by atoms with van der Waals surface area (Å²) in [7, 11) is 0. The lowest BCUT2D eigenvalue weighted by atomic mass is 10.1. The van der Waals surface area contributed by atoms with Crippen LogP contribution in [0, 0.1) is 5.82 Å². The fraction of sp³-hybridized carbons (Fsp3) is 0.200. The summed E-state index contributed by atoms with van der Waals surface area (Å²) in [5, 5.41) is 9.48. The van der Waals surface area contributed by atoms with Crippen molar-refractivity contribution in [3.63, 3.8) is 0 Å². The molecule has 4 aromatic rings. The molecule has 0 aliphatic carbocycles. The number of nitrogens with zero attached hydrogens (tertiary/aromatic N) is 5. The highest BCUT2D eigenvalue weighted by Crippen LogP contribution is 2.30. The standard InChI is InChI=1S/C25H22FN5O2S/c26-20-5-7-21(8-6-20)31-23(18-9-11-27-12-10-18)28-29-25(31)34-17-19-3-1-2-4-22(19)24(32)30-13-15-33-16-14-30/h1-12H,13-17H2. The summed E-state index contributed by atoms with van der Waals surface area (Å²) in [6, 6.07) is 17.6. The van der Waals surface area contributed by atoms with Crippen molar-refractivity contribution < 1.29 is 13.9 Å². The maximum atomic E-state index is 13.6. The lowest BCUT2D eigenvalue weighted by Gasteiger charge is -2.27. The minimum Gasteiger partial charge on any atom is -0.378 e. The second kappa shape index (κ2) is 10.1. The van der Waals surface area contributed by atoms with Crippen molar-refractivity contribution in [2.75, 3.05) is 26.3 Å². The number of hydrogen-bond acceptors (Lipinski definition) is 6. The van der Waals surface area contributed by atoms with Gasteiger partial charge in [-0.2, -0.15) is 0 Å². The van der Waals surface area contributed by atoms with Crippen LogP contribution < -0.4 is 0 Å². The molecule has 0 unspecified atom stereocenters. The van der Waals surface area contributed by atoms with Crippen LogP contribution in [0.5, 0.6) is 0 Å². The Morgan fingerprint density at radius 2 is 1.71 bits per heavy atom. The van der Waals surface area contributed by atoms with Crippen LogP contribution in [-0.4, -0.2) is 56.9 Å². The van der Waals surface area contributed by atoms with Gasteiger partial charge < -0.3 is 9.64 Å². The zero-order valence-corrected chi connectivity index (χ0v) is 19.1. The highest BCUT2D eigenvalue weighted by atomic mass is 32.2. The molecule has 3 heterocycles. The molecule has 0 bridgehead atoms. The van der Waals surface area contributed by atoms with Gasteiger partial charge in [0, 0.05) is 48.1 Å². The summed E-state index contributed by atoms with van der Waals surface area (Å²) in [6.45, 7) is 2.30. The molecule has 0 N–H and O–H groups in total. The number of thioether (sulfide) groups is 1. The summed E-state index contributed by atoms with van der Waals surface area (Å²) in [4.78, 5) is 19.0. The largest absolute Gasteiger partial charge is 0.378 e. The van der Waals surface area contributed by atoms with Crippen LogP contribution in [0.2, 0.25) is 0 Å². The molecule has 7 nitrogen and oxygen atoms in total. The van der Waals surface area contributed by atoms with E-state index in [-0.39, 0.29) is 11.7 Å². The fourth-order valence-electron chi connectivity index (χ4n) is 3.81. The Hall–Kier alpha value is -3.56. The summed E-state index contributed by atoms with van der Waals surface area (Å²) >= 11 is 1.48. The van der Waals surface area contributed by atoms with Gasteiger partial charge >= 0.3 is 0 Å². The minimum atomic E-state index is -0.313. The van der Waals surface area contributed by atoms with E-state index in [1.165, 1.54) is 23.9 Å². The quantitative estimate of drug-likeness (QED) is 0.389. The van der Waals surface area contributed by atoms with E-state index in [2.05, 4.69) is 15.2 Å². The molecule has 0 atom stereocenters. The Balaban J connectivity index is 1.45. The summed E-state index contributed by atoms with van der Waals surface area (Å²) in [5.41, 5.74) is 3.20. The van der Waals surface area contributed by atoms with Crippen molar-refractivity contribution in [3.8, 4) is 17.1 Å². The van der Waals surface area contributed by atoms with Crippen LogP contribution >= 0.6 is 11.8 Å².